The molecule has 0 bridgehead atoms. The van der Waals surface area contributed by atoms with E-state index in [4.69, 9.17) is 0 Å². The molecule has 1 aromatic carbocycles. The summed E-state index contributed by atoms with van der Waals surface area (Å²) in [4.78, 5) is 11.4. The molecule has 2 aromatic rings. The van der Waals surface area contributed by atoms with Crippen molar-refractivity contribution < 1.29 is 0 Å². The predicted molar refractivity (Wildman–Crippen MR) is 115 cm³/mol. The van der Waals surface area contributed by atoms with Crippen molar-refractivity contribution in [2.45, 2.75) is 38.6 Å². The number of aromatic nitrogens is 2. The third-order valence-electron chi connectivity index (χ3n) is 5.04. The molecular formula is C21H31N5S. The maximum Gasteiger partial charge on any atom is 0.194 e. The first-order chi connectivity index (χ1) is 13.2. The number of guanidine groups is 1. The summed E-state index contributed by atoms with van der Waals surface area (Å²) >= 11 is 2.08. The van der Waals surface area contributed by atoms with Crippen LogP contribution in [0.25, 0.3) is 0 Å². The molecule has 0 amide bonds. The van der Waals surface area contributed by atoms with Gasteiger partial charge >= 0.3 is 0 Å². The molecule has 146 valence electrons. The average Bonchev–Trinajstić information content (AvgIpc) is 3.15. The molecule has 27 heavy (non-hydrogen) atoms. The van der Waals surface area contributed by atoms with Crippen LogP contribution in [0.15, 0.2) is 47.7 Å². The van der Waals surface area contributed by atoms with Gasteiger partial charge in [-0.3, -0.25) is 4.99 Å². The van der Waals surface area contributed by atoms with Crippen LogP contribution in [-0.4, -0.2) is 51.6 Å². The van der Waals surface area contributed by atoms with E-state index in [1.165, 1.54) is 5.56 Å². The maximum atomic E-state index is 4.55. The number of hydrogen-bond donors (Lipinski definition) is 1. The molecule has 2 heterocycles. The first kappa shape index (κ1) is 19.8. The van der Waals surface area contributed by atoms with Crippen LogP contribution in [0.4, 0.5) is 0 Å². The highest BCUT2D eigenvalue weighted by molar-refractivity contribution is 8.00. The lowest BCUT2D eigenvalue weighted by Crippen LogP contribution is -2.49. The number of imidazole rings is 1. The molecule has 1 saturated heterocycles. The topological polar surface area (TPSA) is 45.5 Å². The number of rotatable bonds is 6. The minimum atomic E-state index is 0.671. The Hall–Kier alpha value is -1.95. The van der Waals surface area contributed by atoms with Crippen LogP contribution in [0.2, 0.25) is 0 Å². The van der Waals surface area contributed by atoms with E-state index in [1.54, 1.807) is 0 Å². The summed E-state index contributed by atoms with van der Waals surface area (Å²) in [5, 5.41) is 4.19. The minimum absolute atomic E-state index is 0.671. The van der Waals surface area contributed by atoms with Gasteiger partial charge in [0.1, 0.15) is 5.82 Å². The zero-order valence-corrected chi connectivity index (χ0v) is 17.5. The molecule has 1 aromatic heterocycles. The number of hydrogen-bond acceptors (Lipinski definition) is 3. The van der Waals surface area contributed by atoms with Crippen LogP contribution < -0.4 is 5.32 Å². The third-order valence-corrected chi connectivity index (χ3v) is 6.58. The largest absolute Gasteiger partial charge is 0.349 e. The number of benzene rings is 1. The Morgan fingerprint density at radius 2 is 2.15 bits per heavy atom. The second-order valence-electron chi connectivity index (χ2n) is 7.27. The number of nitrogens with zero attached hydrogens (tertiary/aromatic N) is 4. The first-order valence-electron chi connectivity index (χ1n) is 9.78. The number of thioether (sulfide) groups is 1. The molecule has 0 saturated carbocycles. The monoisotopic (exact) mass is 385 g/mol. The molecule has 1 unspecified atom stereocenters. The van der Waals surface area contributed by atoms with Gasteiger partial charge < -0.3 is 14.8 Å². The van der Waals surface area contributed by atoms with Crippen molar-refractivity contribution >= 4 is 17.7 Å². The fourth-order valence-electron chi connectivity index (χ4n) is 3.37. The Morgan fingerprint density at radius 1 is 1.33 bits per heavy atom. The highest BCUT2D eigenvalue weighted by atomic mass is 32.2. The Bertz CT molecular complexity index is 725. The standard InChI is InChI=1S/C21H31N5S/c1-17(2)19-16-26(13-14-27-19)21(22-3)24-15-20-23-10-12-25(20)11-9-18-7-5-4-6-8-18/h4-8,10,12,17,19H,9,11,13-16H2,1-3H3,(H,22,24). The van der Waals surface area contributed by atoms with Crippen molar-refractivity contribution in [1.82, 2.24) is 19.8 Å². The molecule has 5 nitrogen and oxygen atoms in total. The molecule has 1 N–H and O–H groups in total. The van der Waals surface area contributed by atoms with Gasteiger partial charge in [-0.25, -0.2) is 4.98 Å². The summed E-state index contributed by atoms with van der Waals surface area (Å²) in [6.07, 6.45) is 4.96. The highest BCUT2D eigenvalue weighted by Gasteiger charge is 2.24. The van der Waals surface area contributed by atoms with Gasteiger partial charge in [0.25, 0.3) is 0 Å². The molecule has 1 atom stereocenters. The highest BCUT2D eigenvalue weighted by Crippen LogP contribution is 2.24. The molecule has 1 aliphatic heterocycles. The van der Waals surface area contributed by atoms with Crippen LogP contribution in [0.1, 0.15) is 25.2 Å². The van der Waals surface area contributed by atoms with Gasteiger partial charge in [0.05, 0.1) is 6.54 Å². The van der Waals surface area contributed by atoms with Crippen LogP contribution >= 0.6 is 11.8 Å². The van der Waals surface area contributed by atoms with Crippen molar-refractivity contribution in [2.24, 2.45) is 10.9 Å². The summed E-state index contributed by atoms with van der Waals surface area (Å²) in [5.74, 6) is 3.89. The van der Waals surface area contributed by atoms with Crippen molar-refractivity contribution in [2.75, 3.05) is 25.9 Å². The number of aryl methyl sites for hydroxylation is 2. The van der Waals surface area contributed by atoms with Crippen LogP contribution in [0, 0.1) is 5.92 Å². The van der Waals surface area contributed by atoms with Gasteiger partial charge in [-0.15, -0.1) is 0 Å². The smallest absolute Gasteiger partial charge is 0.194 e. The van der Waals surface area contributed by atoms with E-state index in [9.17, 15) is 0 Å². The number of aliphatic imine (C=N–C) groups is 1. The quantitative estimate of drug-likeness (QED) is 0.612. The minimum Gasteiger partial charge on any atom is -0.349 e. The predicted octanol–water partition coefficient (Wildman–Crippen LogP) is 3.27. The fourth-order valence-corrected chi connectivity index (χ4v) is 4.67. The summed E-state index contributed by atoms with van der Waals surface area (Å²) in [6.45, 7) is 8.36. The second-order valence-corrected chi connectivity index (χ2v) is 8.62. The number of nitrogens with one attached hydrogen (secondary N) is 1. The molecule has 1 aliphatic rings. The first-order valence-corrected chi connectivity index (χ1v) is 10.8. The summed E-state index contributed by atoms with van der Waals surface area (Å²) < 4.78 is 2.23. The van der Waals surface area contributed by atoms with Crippen LogP contribution in [0.3, 0.4) is 0 Å². The Kier molecular flexibility index (Phi) is 7.21. The van der Waals surface area contributed by atoms with E-state index in [0.717, 1.165) is 43.6 Å². The molecule has 0 radical (unpaired) electrons. The van der Waals surface area contributed by atoms with E-state index in [1.807, 2.05) is 13.2 Å². The van der Waals surface area contributed by atoms with E-state index < -0.39 is 0 Å². The van der Waals surface area contributed by atoms with Crippen LogP contribution in [-0.2, 0) is 19.5 Å². The second kappa shape index (κ2) is 9.83. The SMILES string of the molecule is CN=C(NCc1nccn1CCc1ccccc1)N1CCSC(C(C)C)C1. The van der Waals surface area contributed by atoms with Crippen molar-refractivity contribution in [3.8, 4) is 0 Å². The lowest BCUT2D eigenvalue weighted by Gasteiger charge is -2.36. The van der Waals surface area contributed by atoms with Crippen molar-refractivity contribution in [3.05, 3.63) is 54.1 Å². The lowest BCUT2D eigenvalue weighted by molar-refractivity contribution is 0.380. The Morgan fingerprint density at radius 3 is 2.89 bits per heavy atom. The summed E-state index contributed by atoms with van der Waals surface area (Å²) in [7, 11) is 1.87. The van der Waals surface area contributed by atoms with Gasteiger partial charge in [0.2, 0.25) is 0 Å². The normalized spacial score (nSPS) is 18.1. The fraction of sp³-hybridized carbons (Fsp3) is 0.524. The molecule has 6 heteroatoms. The Balaban J connectivity index is 1.55. The zero-order valence-electron chi connectivity index (χ0n) is 16.6. The Labute approximate surface area is 167 Å². The van der Waals surface area contributed by atoms with Crippen molar-refractivity contribution in [1.29, 1.82) is 0 Å². The van der Waals surface area contributed by atoms with Gasteiger partial charge in [-0.2, -0.15) is 11.8 Å². The van der Waals surface area contributed by atoms with E-state index in [0.29, 0.717) is 17.7 Å². The van der Waals surface area contributed by atoms with E-state index in [-0.39, 0.29) is 0 Å². The molecule has 1 fully saturated rings. The molecule has 0 aliphatic carbocycles. The third kappa shape index (κ3) is 5.51. The van der Waals surface area contributed by atoms with Gasteiger partial charge in [0, 0.05) is 50.1 Å². The zero-order chi connectivity index (χ0) is 19.1. The van der Waals surface area contributed by atoms with Gasteiger partial charge in [-0.05, 0) is 17.9 Å². The van der Waals surface area contributed by atoms with E-state index in [2.05, 4.69) is 86.9 Å². The molecule has 0 spiro atoms. The van der Waals surface area contributed by atoms with Crippen molar-refractivity contribution in [3.63, 3.8) is 0 Å². The van der Waals surface area contributed by atoms with Crippen LogP contribution in [0.5, 0.6) is 0 Å². The maximum absolute atomic E-state index is 4.55. The summed E-state index contributed by atoms with van der Waals surface area (Å²) in [6, 6.07) is 10.6. The average molecular weight is 386 g/mol. The molecular weight excluding hydrogens is 354 g/mol. The molecule has 3 rings (SSSR count). The van der Waals surface area contributed by atoms with Gasteiger partial charge in [0.15, 0.2) is 5.96 Å². The lowest BCUT2D eigenvalue weighted by atomic mass is 10.1. The van der Waals surface area contributed by atoms with E-state index >= 15 is 0 Å². The summed E-state index contributed by atoms with van der Waals surface area (Å²) in [5.41, 5.74) is 1.35. The van der Waals surface area contributed by atoms with Gasteiger partial charge in [-0.1, -0.05) is 44.2 Å².